The molecule has 0 aliphatic rings. The van der Waals surface area contributed by atoms with Crippen LogP contribution in [-0.2, 0) is 27.2 Å². The maximum atomic E-state index is 12.7. The average molecular weight is 412 g/mol. The van der Waals surface area contributed by atoms with Crippen LogP contribution in [0.2, 0.25) is 0 Å². The van der Waals surface area contributed by atoms with Crippen LogP contribution in [-0.4, -0.2) is 40.1 Å². The van der Waals surface area contributed by atoms with E-state index >= 15 is 0 Å². The Hall–Kier alpha value is -3.35. The van der Waals surface area contributed by atoms with Crippen LogP contribution < -0.4 is 10.6 Å². The normalized spacial score (nSPS) is 12.6. The molecule has 0 heterocycles. The van der Waals surface area contributed by atoms with Crippen molar-refractivity contribution in [2.75, 3.05) is 0 Å². The summed E-state index contributed by atoms with van der Waals surface area (Å²) in [5, 5.41) is 24.1. The third kappa shape index (κ3) is 7.58. The zero-order valence-electron chi connectivity index (χ0n) is 17.0. The van der Waals surface area contributed by atoms with Crippen molar-refractivity contribution >= 4 is 17.8 Å². The molecule has 7 heteroatoms. The minimum absolute atomic E-state index is 0.159. The number of phenolic OH excluding ortho intramolecular Hbond substituents is 1. The number of amides is 2. The predicted octanol–water partition coefficient (Wildman–Crippen LogP) is 2.42. The van der Waals surface area contributed by atoms with Gasteiger partial charge in [0.1, 0.15) is 17.8 Å². The first kappa shape index (κ1) is 22.9. The molecule has 2 unspecified atom stereocenters. The fourth-order valence-corrected chi connectivity index (χ4v) is 3.07. The van der Waals surface area contributed by atoms with E-state index in [1.807, 2.05) is 25.1 Å². The molecular formula is C23H28N2O5. The lowest BCUT2D eigenvalue weighted by Gasteiger charge is -2.21. The molecule has 0 fully saturated rings. The van der Waals surface area contributed by atoms with Crippen LogP contribution in [0, 0.1) is 0 Å². The molecule has 160 valence electrons. The van der Waals surface area contributed by atoms with Crippen molar-refractivity contribution in [1.29, 1.82) is 0 Å². The third-order valence-corrected chi connectivity index (χ3v) is 4.70. The van der Waals surface area contributed by atoms with Gasteiger partial charge in [0.2, 0.25) is 11.8 Å². The zero-order chi connectivity index (χ0) is 21.9. The summed E-state index contributed by atoms with van der Waals surface area (Å²) in [5.41, 5.74) is 1.70. The summed E-state index contributed by atoms with van der Waals surface area (Å²) in [7, 11) is 0. The van der Waals surface area contributed by atoms with Gasteiger partial charge in [0.15, 0.2) is 0 Å². The number of phenols is 1. The quantitative estimate of drug-likeness (QED) is 0.452. The van der Waals surface area contributed by atoms with Crippen LogP contribution in [0.25, 0.3) is 0 Å². The van der Waals surface area contributed by atoms with Gasteiger partial charge in [-0.15, -0.1) is 0 Å². The van der Waals surface area contributed by atoms with Crippen LogP contribution in [0.15, 0.2) is 54.6 Å². The highest BCUT2D eigenvalue weighted by molar-refractivity contribution is 5.90. The van der Waals surface area contributed by atoms with Crippen molar-refractivity contribution in [2.45, 2.75) is 51.1 Å². The molecular weight excluding hydrogens is 384 g/mol. The molecule has 2 rings (SSSR count). The minimum Gasteiger partial charge on any atom is -0.508 e. The monoisotopic (exact) mass is 412 g/mol. The van der Waals surface area contributed by atoms with Gasteiger partial charge in [0.05, 0.1) is 0 Å². The number of rotatable bonds is 11. The summed E-state index contributed by atoms with van der Waals surface area (Å²) < 4.78 is 0. The number of carboxylic acids is 1. The number of carboxylic acid groups (broad SMARTS) is 1. The van der Waals surface area contributed by atoms with Crippen LogP contribution in [0.5, 0.6) is 5.75 Å². The van der Waals surface area contributed by atoms with E-state index in [-0.39, 0.29) is 24.5 Å². The highest BCUT2D eigenvalue weighted by Crippen LogP contribution is 2.11. The van der Waals surface area contributed by atoms with E-state index < -0.39 is 24.0 Å². The molecule has 0 bridgehead atoms. The number of aryl methyl sites for hydroxylation is 1. The van der Waals surface area contributed by atoms with Gasteiger partial charge in [-0.25, -0.2) is 4.79 Å². The topological polar surface area (TPSA) is 116 Å². The summed E-state index contributed by atoms with van der Waals surface area (Å²) >= 11 is 0. The number of carbonyl (C=O) groups is 3. The number of hydrogen-bond donors (Lipinski definition) is 4. The molecule has 0 aliphatic carbocycles. The first-order valence-electron chi connectivity index (χ1n) is 10.0. The van der Waals surface area contributed by atoms with Gasteiger partial charge < -0.3 is 20.8 Å². The van der Waals surface area contributed by atoms with Crippen LogP contribution in [0.1, 0.15) is 37.3 Å². The second-order valence-electron chi connectivity index (χ2n) is 7.16. The molecule has 0 spiro atoms. The Morgan fingerprint density at radius 1 is 0.900 bits per heavy atom. The lowest BCUT2D eigenvalue weighted by atomic mass is 10.0. The standard InChI is InChI=1S/C23H28N2O5/c1-2-6-19(24-21(27)14-11-16-9-12-18(26)13-10-16)22(28)25-20(23(29)30)15-17-7-4-3-5-8-17/h3-5,7-10,12-13,19-20,26H,2,6,11,14-15H2,1H3,(H,24,27)(H,25,28)(H,29,30). The fraction of sp³-hybridized carbons (Fsp3) is 0.348. The van der Waals surface area contributed by atoms with E-state index in [0.717, 1.165) is 11.1 Å². The number of aliphatic carboxylic acids is 1. The maximum Gasteiger partial charge on any atom is 0.326 e. The number of benzene rings is 2. The van der Waals surface area contributed by atoms with Gasteiger partial charge in [-0.05, 0) is 36.1 Å². The summed E-state index contributed by atoms with van der Waals surface area (Å²) in [5.74, 6) is -1.75. The summed E-state index contributed by atoms with van der Waals surface area (Å²) in [6.45, 7) is 1.89. The average Bonchev–Trinajstić information content (AvgIpc) is 2.73. The number of hydrogen-bond acceptors (Lipinski definition) is 4. The number of aromatic hydroxyl groups is 1. The van der Waals surface area contributed by atoms with E-state index in [1.54, 1.807) is 36.4 Å². The van der Waals surface area contributed by atoms with Crippen LogP contribution in [0.3, 0.4) is 0 Å². The highest BCUT2D eigenvalue weighted by atomic mass is 16.4. The molecule has 30 heavy (non-hydrogen) atoms. The molecule has 2 amide bonds. The van der Waals surface area contributed by atoms with Gasteiger partial charge in [0.25, 0.3) is 0 Å². The second-order valence-corrected chi connectivity index (χ2v) is 7.16. The Morgan fingerprint density at radius 3 is 2.17 bits per heavy atom. The molecule has 0 radical (unpaired) electrons. The third-order valence-electron chi connectivity index (χ3n) is 4.70. The van der Waals surface area contributed by atoms with Crippen LogP contribution in [0.4, 0.5) is 0 Å². The maximum absolute atomic E-state index is 12.7. The van der Waals surface area contributed by atoms with E-state index in [2.05, 4.69) is 10.6 Å². The highest BCUT2D eigenvalue weighted by Gasteiger charge is 2.26. The van der Waals surface area contributed by atoms with Crippen molar-refractivity contribution in [3.63, 3.8) is 0 Å². The summed E-state index contributed by atoms with van der Waals surface area (Å²) in [6, 6.07) is 13.8. The SMILES string of the molecule is CCCC(NC(=O)CCc1ccc(O)cc1)C(=O)NC(Cc1ccccc1)C(=O)O. The molecule has 0 saturated carbocycles. The van der Waals surface area contributed by atoms with Crippen LogP contribution >= 0.6 is 0 Å². The van der Waals surface area contributed by atoms with E-state index in [1.165, 1.54) is 0 Å². The molecule has 0 aliphatic heterocycles. The molecule has 0 aromatic heterocycles. The molecule has 2 atom stereocenters. The van der Waals surface area contributed by atoms with Gasteiger partial charge in [-0.1, -0.05) is 55.8 Å². The molecule has 7 nitrogen and oxygen atoms in total. The van der Waals surface area contributed by atoms with Crippen molar-refractivity contribution in [3.8, 4) is 5.75 Å². The molecule has 4 N–H and O–H groups in total. The summed E-state index contributed by atoms with van der Waals surface area (Å²) in [6.07, 6.45) is 1.89. The Labute approximate surface area is 176 Å². The van der Waals surface area contributed by atoms with Crippen molar-refractivity contribution in [1.82, 2.24) is 10.6 Å². The van der Waals surface area contributed by atoms with E-state index in [9.17, 15) is 24.6 Å². The van der Waals surface area contributed by atoms with Crippen molar-refractivity contribution in [2.24, 2.45) is 0 Å². The van der Waals surface area contributed by atoms with Gasteiger partial charge in [-0.2, -0.15) is 0 Å². The number of nitrogens with one attached hydrogen (secondary N) is 2. The molecule has 2 aromatic carbocycles. The lowest BCUT2D eigenvalue weighted by Crippen LogP contribution is -2.52. The lowest BCUT2D eigenvalue weighted by molar-refractivity contribution is -0.142. The predicted molar refractivity (Wildman–Crippen MR) is 113 cm³/mol. The van der Waals surface area contributed by atoms with Crippen molar-refractivity contribution < 1.29 is 24.6 Å². The Morgan fingerprint density at radius 2 is 1.57 bits per heavy atom. The first-order chi connectivity index (χ1) is 14.4. The number of carbonyl (C=O) groups excluding carboxylic acids is 2. The Kier molecular flexibility index (Phi) is 8.87. The van der Waals surface area contributed by atoms with Crippen molar-refractivity contribution in [3.05, 3.63) is 65.7 Å². The Bertz CT molecular complexity index is 836. The van der Waals surface area contributed by atoms with Gasteiger partial charge >= 0.3 is 5.97 Å². The molecule has 0 saturated heterocycles. The van der Waals surface area contributed by atoms with Gasteiger partial charge in [0, 0.05) is 12.8 Å². The molecule has 2 aromatic rings. The summed E-state index contributed by atoms with van der Waals surface area (Å²) in [4.78, 5) is 36.6. The zero-order valence-corrected chi connectivity index (χ0v) is 17.0. The fourth-order valence-electron chi connectivity index (χ4n) is 3.07. The Balaban J connectivity index is 1.93. The van der Waals surface area contributed by atoms with Gasteiger partial charge in [-0.3, -0.25) is 9.59 Å². The first-order valence-corrected chi connectivity index (χ1v) is 10.0. The minimum atomic E-state index is -1.12. The second kappa shape index (κ2) is 11.6. The van der Waals surface area contributed by atoms with E-state index in [0.29, 0.717) is 19.3 Å². The largest absolute Gasteiger partial charge is 0.508 e. The smallest absolute Gasteiger partial charge is 0.326 e. The van der Waals surface area contributed by atoms with E-state index in [4.69, 9.17) is 0 Å².